The minimum absolute atomic E-state index is 0.0733. The van der Waals surface area contributed by atoms with Crippen LogP contribution >= 0.6 is 0 Å². The molecule has 1 saturated heterocycles. The van der Waals surface area contributed by atoms with Gasteiger partial charge in [0.2, 0.25) is 10.0 Å². The first-order chi connectivity index (χ1) is 9.45. The van der Waals surface area contributed by atoms with Gasteiger partial charge in [-0.3, -0.25) is 4.90 Å². The highest BCUT2D eigenvalue weighted by molar-refractivity contribution is 7.89. The van der Waals surface area contributed by atoms with E-state index in [4.69, 9.17) is 5.11 Å². The number of hydrogen-bond acceptors (Lipinski definition) is 4. The minimum Gasteiger partial charge on any atom is -0.395 e. The van der Waals surface area contributed by atoms with E-state index in [-0.39, 0.29) is 11.5 Å². The summed E-state index contributed by atoms with van der Waals surface area (Å²) in [4.78, 5) is 2.15. The molecule has 1 aromatic rings. The molecule has 1 aliphatic heterocycles. The fourth-order valence-corrected chi connectivity index (χ4v) is 3.77. The maximum atomic E-state index is 13.2. The van der Waals surface area contributed by atoms with Crippen molar-refractivity contribution in [3.8, 4) is 0 Å². The Balaban J connectivity index is 2.13. The monoisotopic (exact) mass is 302 g/mol. The molecular formula is C13H19FN2O3S. The van der Waals surface area contributed by atoms with E-state index in [0.29, 0.717) is 38.3 Å². The van der Waals surface area contributed by atoms with Gasteiger partial charge in [0.15, 0.2) is 0 Å². The van der Waals surface area contributed by atoms with Gasteiger partial charge in [-0.05, 0) is 30.7 Å². The first kappa shape index (κ1) is 15.4. The Morgan fingerprint density at radius 1 is 1.25 bits per heavy atom. The van der Waals surface area contributed by atoms with Crippen molar-refractivity contribution in [2.24, 2.45) is 0 Å². The summed E-state index contributed by atoms with van der Waals surface area (Å²) in [5.41, 5.74) is 0.324. The van der Waals surface area contributed by atoms with Crippen LogP contribution in [0.4, 0.5) is 4.39 Å². The van der Waals surface area contributed by atoms with Crippen molar-refractivity contribution in [3.63, 3.8) is 0 Å². The van der Waals surface area contributed by atoms with Gasteiger partial charge in [0.05, 0.1) is 11.5 Å². The molecule has 0 atom stereocenters. The molecule has 1 N–H and O–H groups in total. The van der Waals surface area contributed by atoms with Crippen LogP contribution in [0.25, 0.3) is 0 Å². The van der Waals surface area contributed by atoms with Crippen LogP contribution in [0.1, 0.15) is 5.56 Å². The SMILES string of the molecule is Cc1cc(S(=O)(=O)N2CCN(CCO)CC2)ccc1F. The number of benzene rings is 1. The van der Waals surface area contributed by atoms with E-state index < -0.39 is 15.8 Å². The van der Waals surface area contributed by atoms with E-state index in [1.54, 1.807) is 6.92 Å². The lowest BCUT2D eigenvalue weighted by Crippen LogP contribution is -2.49. The van der Waals surface area contributed by atoms with Crippen LogP contribution in [-0.2, 0) is 10.0 Å². The van der Waals surface area contributed by atoms with Crippen molar-refractivity contribution >= 4 is 10.0 Å². The van der Waals surface area contributed by atoms with Gasteiger partial charge in [-0.1, -0.05) is 0 Å². The summed E-state index contributed by atoms with van der Waals surface area (Å²) in [5, 5.41) is 8.87. The maximum Gasteiger partial charge on any atom is 0.243 e. The van der Waals surface area contributed by atoms with Crippen LogP contribution in [0.2, 0.25) is 0 Å². The maximum absolute atomic E-state index is 13.2. The Morgan fingerprint density at radius 3 is 2.45 bits per heavy atom. The number of aryl methyl sites for hydroxylation is 1. The Morgan fingerprint density at radius 2 is 1.90 bits per heavy atom. The topological polar surface area (TPSA) is 60.9 Å². The van der Waals surface area contributed by atoms with Gasteiger partial charge in [-0.2, -0.15) is 4.31 Å². The van der Waals surface area contributed by atoms with E-state index in [1.165, 1.54) is 22.5 Å². The number of nitrogens with zero attached hydrogens (tertiary/aromatic N) is 2. The average molecular weight is 302 g/mol. The van der Waals surface area contributed by atoms with Crippen LogP contribution in [0, 0.1) is 12.7 Å². The third-order valence-corrected chi connectivity index (χ3v) is 5.41. The van der Waals surface area contributed by atoms with E-state index in [2.05, 4.69) is 0 Å². The van der Waals surface area contributed by atoms with Crippen molar-refractivity contribution in [2.45, 2.75) is 11.8 Å². The molecule has 1 aromatic carbocycles. The third-order valence-electron chi connectivity index (χ3n) is 3.51. The van der Waals surface area contributed by atoms with Gasteiger partial charge in [0, 0.05) is 32.7 Å². The summed E-state index contributed by atoms with van der Waals surface area (Å²) in [6.45, 7) is 4.15. The second-order valence-corrected chi connectivity index (χ2v) is 6.82. The van der Waals surface area contributed by atoms with Gasteiger partial charge in [-0.25, -0.2) is 12.8 Å². The lowest BCUT2D eigenvalue weighted by Gasteiger charge is -2.33. The lowest BCUT2D eigenvalue weighted by atomic mass is 10.2. The van der Waals surface area contributed by atoms with Crippen molar-refractivity contribution < 1.29 is 17.9 Å². The van der Waals surface area contributed by atoms with Crippen molar-refractivity contribution in [2.75, 3.05) is 39.3 Å². The normalized spacial score (nSPS) is 18.4. The summed E-state index contributed by atoms with van der Waals surface area (Å²) in [7, 11) is -3.56. The average Bonchev–Trinajstić information content (AvgIpc) is 2.43. The van der Waals surface area contributed by atoms with Gasteiger partial charge < -0.3 is 5.11 Å². The highest BCUT2D eigenvalue weighted by Crippen LogP contribution is 2.20. The molecule has 20 heavy (non-hydrogen) atoms. The smallest absolute Gasteiger partial charge is 0.243 e. The molecule has 0 spiro atoms. The molecule has 1 fully saturated rings. The zero-order valence-corrected chi connectivity index (χ0v) is 12.2. The number of aliphatic hydroxyl groups excluding tert-OH is 1. The highest BCUT2D eigenvalue weighted by atomic mass is 32.2. The van der Waals surface area contributed by atoms with E-state index in [1.807, 2.05) is 4.90 Å². The van der Waals surface area contributed by atoms with Gasteiger partial charge in [0.25, 0.3) is 0 Å². The Labute approximate surface area is 118 Å². The zero-order chi connectivity index (χ0) is 14.8. The molecule has 0 unspecified atom stereocenters. The van der Waals surface area contributed by atoms with Crippen molar-refractivity contribution in [1.29, 1.82) is 0 Å². The second-order valence-electron chi connectivity index (χ2n) is 4.88. The fourth-order valence-electron chi connectivity index (χ4n) is 2.26. The van der Waals surface area contributed by atoms with Crippen molar-refractivity contribution in [3.05, 3.63) is 29.6 Å². The molecule has 7 heteroatoms. The lowest BCUT2D eigenvalue weighted by molar-refractivity contribution is 0.151. The predicted molar refractivity (Wildman–Crippen MR) is 73.4 cm³/mol. The number of β-amino-alcohol motifs (C(OH)–C–C–N with tert-alkyl or cyclic N) is 1. The molecule has 5 nitrogen and oxygen atoms in total. The summed E-state index contributed by atoms with van der Waals surface area (Å²) >= 11 is 0. The minimum atomic E-state index is -3.56. The number of sulfonamides is 1. The highest BCUT2D eigenvalue weighted by Gasteiger charge is 2.28. The molecule has 0 saturated carbocycles. The fraction of sp³-hybridized carbons (Fsp3) is 0.538. The van der Waals surface area contributed by atoms with Crippen LogP contribution in [0.3, 0.4) is 0 Å². The summed E-state index contributed by atoms with van der Waals surface area (Å²) in [5.74, 6) is -0.406. The number of hydrogen-bond donors (Lipinski definition) is 1. The molecule has 0 amide bonds. The van der Waals surface area contributed by atoms with Crippen LogP contribution in [-0.4, -0.2) is 62.1 Å². The number of halogens is 1. The number of piperazine rings is 1. The molecule has 0 bridgehead atoms. The second kappa shape index (κ2) is 6.17. The van der Waals surface area contributed by atoms with E-state index >= 15 is 0 Å². The molecule has 1 aliphatic rings. The summed E-state index contributed by atoms with van der Waals surface area (Å²) < 4.78 is 39.5. The molecule has 2 rings (SSSR count). The molecule has 0 aromatic heterocycles. The summed E-state index contributed by atoms with van der Waals surface area (Å²) in [6.07, 6.45) is 0. The Kier molecular flexibility index (Phi) is 4.74. The quantitative estimate of drug-likeness (QED) is 0.876. The predicted octanol–water partition coefficient (Wildman–Crippen LogP) is 0.433. The molecular weight excluding hydrogens is 283 g/mol. The van der Waals surface area contributed by atoms with E-state index in [9.17, 15) is 12.8 Å². The molecule has 0 aliphatic carbocycles. The molecule has 1 heterocycles. The first-order valence-corrected chi connectivity index (χ1v) is 7.98. The van der Waals surface area contributed by atoms with Gasteiger partial charge in [-0.15, -0.1) is 0 Å². The number of rotatable bonds is 4. The van der Waals surface area contributed by atoms with Gasteiger partial charge >= 0.3 is 0 Å². The largest absolute Gasteiger partial charge is 0.395 e. The van der Waals surface area contributed by atoms with Crippen molar-refractivity contribution in [1.82, 2.24) is 9.21 Å². The van der Waals surface area contributed by atoms with Crippen LogP contribution in [0.15, 0.2) is 23.1 Å². The third kappa shape index (κ3) is 3.17. The van der Waals surface area contributed by atoms with Gasteiger partial charge in [0.1, 0.15) is 5.82 Å². The zero-order valence-electron chi connectivity index (χ0n) is 11.4. The Hall–Kier alpha value is -1.02. The first-order valence-electron chi connectivity index (χ1n) is 6.54. The molecule has 0 radical (unpaired) electrons. The number of aliphatic hydroxyl groups is 1. The Bertz CT molecular complexity index is 569. The van der Waals surface area contributed by atoms with Crippen LogP contribution < -0.4 is 0 Å². The summed E-state index contributed by atoms with van der Waals surface area (Å²) in [6, 6.07) is 3.85. The van der Waals surface area contributed by atoms with E-state index in [0.717, 1.165) is 0 Å². The van der Waals surface area contributed by atoms with Crippen LogP contribution in [0.5, 0.6) is 0 Å². The molecule has 112 valence electrons. The standard InChI is InChI=1S/C13H19FN2O3S/c1-11-10-12(2-3-13(11)14)20(18,19)16-6-4-15(5-7-16)8-9-17/h2-3,10,17H,4-9H2,1H3.